The molecule has 0 atom stereocenters. The maximum absolute atomic E-state index is 12.1. The lowest BCUT2D eigenvalue weighted by atomic mass is 10.1. The number of benzene rings is 1. The molecule has 1 heterocycles. The Morgan fingerprint density at radius 2 is 1.90 bits per heavy atom. The summed E-state index contributed by atoms with van der Waals surface area (Å²) in [5, 5.41) is 13.8. The van der Waals surface area contributed by atoms with Crippen LogP contribution in [0.2, 0.25) is 0 Å². The minimum absolute atomic E-state index is 0.105. The summed E-state index contributed by atoms with van der Waals surface area (Å²) in [5.74, 6) is -0.871. The third-order valence-electron chi connectivity index (χ3n) is 3.05. The number of carbonyl (C=O) groups is 2. The average molecular weight is 277 g/mol. The lowest BCUT2D eigenvalue weighted by molar-refractivity contribution is -0.384. The highest BCUT2D eigenvalue weighted by atomic mass is 16.6. The molecule has 0 bridgehead atoms. The van der Waals surface area contributed by atoms with Gasteiger partial charge in [-0.1, -0.05) is 13.8 Å². The zero-order chi connectivity index (χ0) is 14.9. The van der Waals surface area contributed by atoms with E-state index in [4.69, 9.17) is 0 Å². The molecule has 1 aromatic carbocycles. The second kappa shape index (κ2) is 5.38. The van der Waals surface area contributed by atoms with Gasteiger partial charge in [-0.3, -0.25) is 24.6 Å². The maximum atomic E-state index is 12.1. The molecule has 0 saturated heterocycles. The van der Waals surface area contributed by atoms with Crippen molar-refractivity contribution in [2.75, 3.05) is 13.1 Å². The van der Waals surface area contributed by atoms with Crippen molar-refractivity contribution in [2.45, 2.75) is 19.9 Å². The highest BCUT2D eigenvalue weighted by Gasteiger charge is 2.36. The van der Waals surface area contributed by atoms with Crippen molar-refractivity contribution in [1.29, 1.82) is 0 Å². The summed E-state index contributed by atoms with van der Waals surface area (Å²) in [6, 6.07) is 3.99. The lowest BCUT2D eigenvalue weighted by Crippen LogP contribution is -2.38. The van der Waals surface area contributed by atoms with Crippen LogP contribution >= 0.6 is 0 Å². The SMILES string of the molecule is CC(C)NCCN1C(=O)c2ccc([N+](=O)[O-])cc2C1=O. The Morgan fingerprint density at radius 3 is 2.50 bits per heavy atom. The van der Waals surface area contributed by atoms with Gasteiger partial charge in [0.2, 0.25) is 0 Å². The number of nitrogens with zero attached hydrogens (tertiary/aromatic N) is 2. The quantitative estimate of drug-likeness (QED) is 0.495. The molecular formula is C13H15N3O4. The minimum Gasteiger partial charge on any atom is -0.313 e. The van der Waals surface area contributed by atoms with Crippen molar-refractivity contribution in [3.63, 3.8) is 0 Å². The summed E-state index contributed by atoms with van der Waals surface area (Å²) in [6.07, 6.45) is 0. The zero-order valence-corrected chi connectivity index (χ0v) is 11.3. The number of nitro groups is 1. The molecule has 1 aromatic rings. The van der Waals surface area contributed by atoms with E-state index in [1.165, 1.54) is 12.1 Å². The van der Waals surface area contributed by atoms with Crippen LogP contribution in [0.4, 0.5) is 5.69 Å². The van der Waals surface area contributed by atoms with Gasteiger partial charge >= 0.3 is 0 Å². The molecule has 1 aliphatic rings. The molecule has 106 valence electrons. The molecule has 7 nitrogen and oxygen atoms in total. The van der Waals surface area contributed by atoms with E-state index >= 15 is 0 Å². The van der Waals surface area contributed by atoms with Crippen LogP contribution < -0.4 is 5.32 Å². The van der Waals surface area contributed by atoms with Crippen molar-refractivity contribution in [3.8, 4) is 0 Å². The second-order valence-corrected chi connectivity index (χ2v) is 4.86. The summed E-state index contributed by atoms with van der Waals surface area (Å²) < 4.78 is 0. The molecule has 2 amide bonds. The third kappa shape index (κ3) is 2.53. The van der Waals surface area contributed by atoms with Gasteiger partial charge in [0.15, 0.2) is 0 Å². The summed E-state index contributed by atoms with van der Waals surface area (Å²) in [5.41, 5.74) is 0.144. The standard InChI is InChI=1S/C13H15N3O4/c1-8(2)14-5-6-15-12(17)10-4-3-9(16(19)20)7-11(10)13(15)18/h3-4,7-8,14H,5-6H2,1-2H3. The number of rotatable bonds is 5. The van der Waals surface area contributed by atoms with Crippen LogP contribution in [-0.2, 0) is 0 Å². The minimum atomic E-state index is -0.582. The van der Waals surface area contributed by atoms with Crippen molar-refractivity contribution < 1.29 is 14.5 Å². The van der Waals surface area contributed by atoms with E-state index < -0.39 is 16.7 Å². The molecule has 0 aliphatic carbocycles. The number of nitrogens with one attached hydrogen (secondary N) is 1. The van der Waals surface area contributed by atoms with Gasteiger partial charge in [-0.15, -0.1) is 0 Å². The van der Waals surface area contributed by atoms with Crippen molar-refractivity contribution >= 4 is 17.5 Å². The predicted molar refractivity (Wildman–Crippen MR) is 71.6 cm³/mol. The number of non-ortho nitro benzene ring substituents is 1. The molecule has 0 fully saturated rings. The van der Waals surface area contributed by atoms with Gasteiger partial charge in [0.05, 0.1) is 16.1 Å². The maximum Gasteiger partial charge on any atom is 0.270 e. The Bertz CT molecular complexity index is 583. The fraction of sp³-hybridized carbons (Fsp3) is 0.385. The van der Waals surface area contributed by atoms with Crippen molar-refractivity contribution in [2.24, 2.45) is 0 Å². The molecule has 0 aromatic heterocycles. The van der Waals surface area contributed by atoms with E-state index in [0.717, 1.165) is 11.0 Å². The van der Waals surface area contributed by atoms with Crippen molar-refractivity contribution in [3.05, 3.63) is 39.4 Å². The summed E-state index contributed by atoms with van der Waals surface area (Å²) in [6.45, 7) is 4.67. The Hall–Kier alpha value is -2.28. The first kappa shape index (κ1) is 14.1. The molecule has 7 heteroatoms. The first-order valence-electron chi connectivity index (χ1n) is 6.30. The highest BCUT2D eigenvalue weighted by Crippen LogP contribution is 2.26. The van der Waals surface area contributed by atoms with Gasteiger partial charge in [-0.05, 0) is 6.07 Å². The van der Waals surface area contributed by atoms with E-state index in [1.54, 1.807) is 0 Å². The van der Waals surface area contributed by atoms with Gasteiger partial charge in [0.25, 0.3) is 17.5 Å². The number of amides is 2. The molecule has 0 saturated carbocycles. The van der Waals surface area contributed by atoms with Crippen LogP contribution in [0.15, 0.2) is 18.2 Å². The van der Waals surface area contributed by atoms with E-state index in [0.29, 0.717) is 6.54 Å². The van der Waals surface area contributed by atoms with Crippen LogP contribution in [0.3, 0.4) is 0 Å². The Morgan fingerprint density at radius 1 is 1.25 bits per heavy atom. The topological polar surface area (TPSA) is 92.6 Å². The molecule has 0 unspecified atom stereocenters. The molecule has 1 N–H and O–H groups in total. The van der Waals surface area contributed by atoms with Gasteiger partial charge in [0.1, 0.15) is 0 Å². The van der Waals surface area contributed by atoms with Crippen LogP contribution in [0, 0.1) is 10.1 Å². The Labute approximate surface area is 115 Å². The van der Waals surface area contributed by atoms with Crippen LogP contribution in [0.5, 0.6) is 0 Å². The summed E-state index contributed by atoms with van der Waals surface area (Å²) >= 11 is 0. The lowest BCUT2D eigenvalue weighted by Gasteiger charge is -2.15. The smallest absolute Gasteiger partial charge is 0.270 e. The molecule has 0 radical (unpaired) electrons. The largest absolute Gasteiger partial charge is 0.313 e. The number of hydrogen-bond acceptors (Lipinski definition) is 5. The normalized spacial score (nSPS) is 14.1. The molecule has 20 heavy (non-hydrogen) atoms. The summed E-state index contributed by atoms with van der Waals surface area (Å²) in [4.78, 5) is 35.4. The fourth-order valence-corrected chi connectivity index (χ4v) is 2.06. The zero-order valence-electron chi connectivity index (χ0n) is 11.3. The molecule has 2 rings (SSSR count). The predicted octanol–water partition coefficient (Wildman–Crippen LogP) is 1.19. The van der Waals surface area contributed by atoms with Crippen LogP contribution in [0.1, 0.15) is 34.6 Å². The van der Waals surface area contributed by atoms with Gasteiger partial charge in [0, 0.05) is 31.3 Å². The molecule has 0 spiro atoms. The monoisotopic (exact) mass is 277 g/mol. The molecule has 1 aliphatic heterocycles. The summed E-state index contributed by atoms with van der Waals surface area (Å²) in [7, 11) is 0. The van der Waals surface area contributed by atoms with Gasteiger partial charge in [-0.2, -0.15) is 0 Å². The molecular weight excluding hydrogens is 262 g/mol. The third-order valence-corrected chi connectivity index (χ3v) is 3.05. The Balaban J connectivity index is 2.19. The van der Waals surface area contributed by atoms with Gasteiger partial charge in [-0.25, -0.2) is 0 Å². The van der Waals surface area contributed by atoms with Crippen LogP contribution in [0.25, 0.3) is 0 Å². The van der Waals surface area contributed by atoms with Gasteiger partial charge < -0.3 is 5.32 Å². The number of imide groups is 1. The number of fused-ring (bicyclic) bond motifs is 1. The Kier molecular flexibility index (Phi) is 3.80. The van der Waals surface area contributed by atoms with Crippen LogP contribution in [-0.4, -0.2) is 40.8 Å². The van der Waals surface area contributed by atoms with Crippen molar-refractivity contribution in [1.82, 2.24) is 10.2 Å². The number of nitro benzene ring substituents is 1. The number of hydrogen-bond donors (Lipinski definition) is 1. The average Bonchev–Trinajstić information content (AvgIpc) is 2.63. The number of carbonyl (C=O) groups excluding carboxylic acids is 2. The second-order valence-electron chi connectivity index (χ2n) is 4.86. The van der Waals surface area contributed by atoms with E-state index in [-0.39, 0.29) is 29.4 Å². The van der Waals surface area contributed by atoms with E-state index in [2.05, 4.69) is 5.32 Å². The van der Waals surface area contributed by atoms with E-state index in [1.807, 2.05) is 13.8 Å². The highest BCUT2D eigenvalue weighted by molar-refractivity contribution is 6.21. The fourth-order valence-electron chi connectivity index (χ4n) is 2.06. The first-order valence-corrected chi connectivity index (χ1v) is 6.30. The van der Waals surface area contributed by atoms with E-state index in [9.17, 15) is 19.7 Å². The first-order chi connectivity index (χ1) is 9.41.